The van der Waals surface area contributed by atoms with Gasteiger partial charge in [0.15, 0.2) is 0 Å². The highest BCUT2D eigenvalue weighted by Gasteiger charge is 2.39. The average Bonchev–Trinajstić information content (AvgIpc) is 2.38. The normalized spacial score (nSPS) is 23.2. The van der Waals surface area contributed by atoms with E-state index in [-0.39, 0.29) is 12.5 Å². The molecule has 0 saturated carbocycles. The smallest absolute Gasteiger partial charge is 0.311 e. The number of rotatable bonds is 2. The Morgan fingerprint density at radius 1 is 1.47 bits per heavy atom. The molecule has 2 rings (SSSR count). The van der Waals surface area contributed by atoms with Crippen LogP contribution < -0.4 is 0 Å². The number of amides is 1. The molecule has 1 aliphatic heterocycles. The van der Waals surface area contributed by atoms with E-state index < -0.39 is 11.4 Å². The molecule has 0 aromatic carbocycles. The first-order valence-electron chi connectivity index (χ1n) is 6.08. The van der Waals surface area contributed by atoms with Gasteiger partial charge in [-0.1, -0.05) is 6.07 Å². The average molecular weight is 327 g/mol. The van der Waals surface area contributed by atoms with Gasteiger partial charge in [-0.05, 0) is 47.8 Å². The molecule has 1 saturated heterocycles. The van der Waals surface area contributed by atoms with Crippen molar-refractivity contribution in [2.45, 2.75) is 19.8 Å². The molecule has 1 aromatic rings. The zero-order valence-electron chi connectivity index (χ0n) is 10.6. The molecule has 1 atom stereocenters. The van der Waals surface area contributed by atoms with Crippen LogP contribution >= 0.6 is 15.9 Å². The van der Waals surface area contributed by atoms with Crippen LogP contribution in [0.5, 0.6) is 0 Å². The zero-order chi connectivity index (χ0) is 14.0. The third-order valence-corrected chi connectivity index (χ3v) is 3.88. The van der Waals surface area contributed by atoms with Gasteiger partial charge in [-0.25, -0.2) is 4.98 Å². The summed E-state index contributed by atoms with van der Waals surface area (Å²) < 4.78 is 0.594. The number of halogens is 1. The maximum atomic E-state index is 12.3. The molecular weight excluding hydrogens is 312 g/mol. The fourth-order valence-corrected chi connectivity index (χ4v) is 2.62. The molecule has 1 fully saturated rings. The van der Waals surface area contributed by atoms with Gasteiger partial charge in [0.2, 0.25) is 0 Å². The number of piperidine rings is 1. The van der Waals surface area contributed by atoms with Crippen LogP contribution in [0.15, 0.2) is 22.8 Å². The molecule has 102 valence electrons. The number of aromatic nitrogens is 1. The van der Waals surface area contributed by atoms with Crippen LogP contribution in [0.25, 0.3) is 0 Å². The van der Waals surface area contributed by atoms with Crippen LogP contribution in [-0.2, 0) is 4.79 Å². The van der Waals surface area contributed by atoms with Crippen molar-refractivity contribution in [2.75, 3.05) is 13.1 Å². The Bertz CT molecular complexity index is 520. The Morgan fingerprint density at radius 3 is 2.84 bits per heavy atom. The van der Waals surface area contributed by atoms with Gasteiger partial charge in [-0.15, -0.1) is 0 Å². The molecule has 0 aliphatic carbocycles. The van der Waals surface area contributed by atoms with Crippen molar-refractivity contribution in [1.82, 2.24) is 9.88 Å². The number of hydrogen-bond donors (Lipinski definition) is 1. The topological polar surface area (TPSA) is 70.5 Å². The lowest BCUT2D eigenvalue weighted by molar-refractivity contribution is -0.150. The predicted octanol–water partition coefficient (Wildman–Crippen LogP) is 2.17. The van der Waals surface area contributed by atoms with E-state index in [9.17, 15) is 14.7 Å². The highest BCUT2D eigenvalue weighted by molar-refractivity contribution is 9.10. The number of carbonyl (C=O) groups excluding carboxylic acids is 1. The van der Waals surface area contributed by atoms with Crippen molar-refractivity contribution < 1.29 is 14.7 Å². The van der Waals surface area contributed by atoms with Gasteiger partial charge in [0.25, 0.3) is 5.91 Å². The van der Waals surface area contributed by atoms with Gasteiger partial charge in [-0.3, -0.25) is 9.59 Å². The molecular formula is C13H15BrN2O3. The van der Waals surface area contributed by atoms with Crippen LogP contribution in [0.2, 0.25) is 0 Å². The number of hydrogen-bond acceptors (Lipinski definition) is 3. The summed E-state index contributed by atoms with van der Waals surface area (Å²) in [7, 11) is 0. The quantitative estimate of drug-likeness (QED) is 0.845. The Balaban J connectivity index is 2.18. The molecule has 5 nitrogen and oxygen atoms in total. The molecule has 0 radical (unpaired) electrons. The maximum Gasteiger partial charge on any atom is 0.311 e. The summed E-state index contributed by atoms with van der Waals surface area (Å²) in [6.07, 6.45) is 1.29. The van der Waals surface area contributed by atoms with Gasteiger partial charge < -0.3 is 10.0 Å². The van der Waals surface area contributed by atoms with Crippen LogP contribution in [0.1, 0.15) is 30.3 Å². The fourth-order valence-electron chi connectivity index (χ4n) is 2.28. The first-order valence-corrected chi connectivity index (χ1v) is 6.87. The SMILES string of the molecule is CC1(C(=O)O)CCCN(C(=O)c2cccc(Br)n2)C1. The number of carboxylic acids is 1. The molecule has 1 amide bonds. The van der Waals surface area contributed by atoms with Crippen molar-refractivity contribution in [3.63, 3.8) is 0 Å². The highest BCUT2D eigenvalue weighted by Crippen LogP contribution is 2.30. The number of pyridine rings is 1. The summed E-state index contributed by atoms with van der Waals surface area (Å²) in [4.78, 5) is 29.3. The molecule has 2 heterocycles. The van der Waals surface area contributed by atoms with E-state index in [1.165, 1.54) is 0 Å². The monoisotopic (exact) mass is 326 g/mol. The minimum atomic E-state index is -0.861. The lowest BCUT2D eigenvalue weighted by Crippen LogP contribution is -2.48. The molecule has 1 unspecified atom stereocenters. The van der Waals surface area contributed by atoms with E-state index in [1.807, 2.05) is 0 Å². The van der Waals surface area contributed by atoms with E-state index in [4.69, 9.17) is 0 Å². The van der Waals surface area contributed by atoms with Gasteiger partial charge >= 0.3 is 5.97 Å². The second-order valence-electron chi connectivity index (χ2n) is 5.04. The van der Waals surface area contributed by atoms with Gasteiger partial charge in [0, 0.05) is 13.1 Å². The summed E-state index contributed by atoms with van der Waals surface area (Å²) in [6.45, 7) is 2.49. The fraction of sp³-hybridized carbons (Fsp3) is 0.462. The molecule has 0 bridgehead atoms. The van der Waals surface area contributed by atoms with Crippen LogP contribution in [0.4, 0.5) is 0 Å². The molecule has 19 heavy (non-hydrogen) atoms. The van der Waals surface area contributed by atoms with E-state index in [0.717, 1.165) is 0 Å². The van der Waals surface area contributed by atoms with Crippen LogP contribution in [0.3, 0.4) is 0 Å². The van der Waals surface area contributed by atoms with E-state index in [2.05, 4.69) is 20.9 Å². The largest absolute Gasteiger partial charge is 0.481 e. The summed E-state index contributed by atoms with van der Waals surface area (Å²) in [5.74, 6) is -1.07. The zero-order valence-corrected chi connectivity index (χ0v) is 12.2. The number of likely N-dealkylation sites (tertiary alicyclic amines) is 1. The summed E-state index contributed by atoms with van der Waals surface area (Å²) in [6, 6.07) is 5.12. The standard InChI is InChI=1S/C13H15BrN2O3/c1-13(12(18)19)6-3-7-16(8-13)11(17)9-4-2-5-10(14)15-9/h2,4-5H,3,6-8H2,1H3,(H,18,19). The number of carboxylic acid groups (broad SMARTS) is 1. The number of nitrogens with zero attached hydrogens (tertiary/aromatic N) is 2. The summed E-state index contributed by atoms with van der Waals surface area (Å²) in [5.41, 5.74) is -0.524. The van der Waals surface area contributed by atoms with Gasteiger partial charge in [0.05, 0.1) is 5.41 Å². The van der Waals surface area contributed by atoms with E-state index in [0.29, 0.717) is 29.7 Å². The highest BCUT2D eigenvalue weighted by atomic mass is 79.9. The molecule has 1 N–H and O–H groups in total. The number of aliphatic carboxylic acids is 1. The van der Waals surface area contributed by atoms with Gasteiger partial charge in [-0.2, -0.15) is 0 Å². The van der Waals surface area contributed by atoms with E-state index >= 15 is 0 Å². The predicted molar refractivity (Wildman–Crippen MR) is 72.8 cm³/mol. The Labute approximate surface area is 119 Å². The first-order chi connectivity index (χ1) is 8.92. The summed E-state index contributed by atoms with van der Waals surface area (Å²) in [5, 5.41) is 9.25. The maximum absolute atomic E-state index is 12.3. The molecule has 1 aromatic heterocycles. The first kappa shape index (κ1) is 14.0. The third-order valence-electron chi connectivity index (χ3n) is 3.43. The third kappa shape index (κ3) is 2.94. The molecule has 6 heteroatoms. The Morgan fingerprint density at radius 2 is 2.21 bits per heavy atom. The van der Waals surface area contributed by atoms with E-state index in [1.54, 1.807) is 30.0 Å². The second-order valence-corrected chi connectivity index (χ2v) is 5.85. The lowest BCUT2D eigenvalue weighted by Gasteiger charge is -2.37. The van der Waals surface area contributed by atoms with Crippen molar-refractivity contribution in [3.8, 4) is 0 Å². The van der Waals surface area contributed by atoms with Crippen molar-refractivity contribution in [2.24, 2.45) is 5.41 Å². The van der Waals surface area contributed by atoms with Crippen LogP contribution in [-0.4, -0.2) is 40.0 Å². The van der Waals surface area contributed by atoms with Crippen LogP contribution in [0, 0.1) is 5.41 Å². The second kappa shape index (κ2) is 5.28. The lowest BCUT2D eigenvalue weighted by atomic mass is 9.82. The minimum absolute atomic E-state index is 0.214. The van der Waals surface area contributed by atoms with Crippen molar-refractivity contribution in [3.05, 3.63) is 28.5 Å². The number of carbonyl (C=O) groups is 2. The van der Waals surface area contributed by atoms with Crippen molar-refractivity contribution >= 4 is 27.8 Å². The molecule has 0 spiro atoms. The van der Waals surface area contributed by atoms with Gasteiger partial charge in [0.1, 0.15) is 10.3 Å². The summed E-state index contributed by atoms with van der Waals surface area (Å²) >= 11 is 3.22. The Hall–Kier alpha value is -1.43. The van der Waals surface area contributed by atoms with Crippen molar-refractivity contribution in [1.29, 1.82) is 0 Å². The minimum Gasteiger partial charge on any atom is -0.481 e. The Kier molecular flexibility index (Phi) is 3.89. The molecule has 1 aliphatic rings.